The molecule has 572 valence electrons. The van der Waals surface area contributed by atoms with E-state index in [9.17, 15) is 69.5 Å². The molecule has 1 fully saturated rings. The number of nitrogens with one attached hydrogen (secondary N) is 4. The quantitative estimate of drug-likeness (QED) is 0.0141. The average molecular weight is 1670 g/mol. The summed E-state index contributed by atoms with van der Waals surface area (Å²) in [4.78, 5) is 86.0. The predicted octanol–water partition coefficient (Wildman–Crippen LogP) is 17.8. The molecule has 23 nitrogen and oxygen atoms in total. The highest BCUT2D eigenvalue weighted by molar-refractivity contribution is 8.18. The average Bonchev–Trinajstić information content (AvgIpc) is 0.946. The molecule has 0 unspecified atom stereocenters. The first kappa shape index (κ1) is 83.5. The summed E-state index contributed by atoms with van der Waals surface area (Å²) in [6, 6.07) is 25.6. The maximum atomic E-state index is 13.9. The van der Waals surface area contributed by atoms with Gasteiger partial charge in [-0.15, -0.1) is 0 Å². The molecule has 12 rings (SSSR count). The fourth-order valence-corrected chi connectivity index (χ4v) is 13.3. The fourth-order valence-electron chi connectivity index (χ4n) is 10.6. The number of anilines is 2. The minimum absolute atomic E-state index is 0.00964. The molecular weight excluding hydrogens is 1610 g/mol. The number of phenols is 1. The molecule has 0 aliphatic carbocycles. The number of amidine groups is 1. The lowest BCUT2D eigenvalue weighted by Gasteiger charge is -2.28. The Morgan fingerprint density at radius 2 is 1.35 bits per heavy atom. The lowest BCUT2D eigenvalue weighted by molar-refractivity contribution is -0.141. The summed E-state index contributed by atoms with van der Waals surface area (Å²) in [7, 11) is -2.49. The van der Waals surface area contributed by atoms with Crippen molar-refractivity contribution in [1.82, 2.24) is 24.6 Å². The third-order valence-corrected chi connectivity index (χ3v) is 18.6. The number of amides is 5. The number of nitrogens with zero attached hydrogens (tertiary/aromatic N) is 5. The second kappa shape index (κ2) is 33.7. The van der Waals surface area contributed by atoms with E-state index in [1.165, 1.54) is 105 Å². The number of hydrogen-bond donors (Lipinski definition) is 7. The summed E-state index contributed by atoms with van der Waals surface area (Å²) < 4.78 is 106. The molecule has 8 N–H and O–H groups in total. The van der Waals surface area contributed by atoms with Crippen molar-refractivity contribution in [2.75, 3.05) is 24.0 Å². The van der Waals surface area contributed by atoms with Gasteiger partial charge >= 0.3 is 22.3 Å². The molecule has 1 saturated heterocycles. The van der Waals surface area contributed by atoms with Crippen molar-refractivity contribution < 1.29 is 82.8 Å². The zero-order valence-electron chi connectivity index (χ0n) is 58.3. The van der Waals surface area contributed by atoms with Gasteiger partial charge in [-0.3, -0.25) is 34.4 Å². The Morgan fingerprint density at radius 3 is 1.91 bits per heavy atom. The van der Waals surface area contributed by atoms with Crippen LogP contribution in [-0.2, 0) is 43.3 Å². The first-order valence-corrected chi connectivity index (χ1v) is 36.6. The van der Waals surface area contributed by atoms with E-state index < -0.39 is 57.2 Å². The molecule has 5 amide bonds. The van der Waals surface area contributed by atoms with Crippen molar-refractivity contribution in [2.24, 2.45) is 10.7 Å². The number of carbonyl (C=O) groups is 6. The second-order valence-electron chi connectivity index (χ2n) is 25.8. The van der Waals surface area contributed by atoms with Crippen molar-refractivity contribution in [2.45, 2.75) is 65.1 Å². The van der Waals surface area contributed by atoms with Crippen LogP contribution < -0.4 is 36.0 Å². The molecule has 5 aromatic heterocycles. The Morgan fingerprint density at radius 1 is 0.736 bits per heavy atom. The number of alkyl halides is 3. The number of urea groups is 1. The van der Waals surface area contributed by atoms with E-state index >= 15 is 0 Å². The largest absolute Gasteiger partial charge is 0.507 e. The molecule has 1 aliphatic rings. The molecule has 36 heteroatoms. The van der Waals surface area contributed by atoms with Crippen LogP contribution in [0.3, 0.4) is 0 Å². The zero-order chi connectivity index (χ0) is 81.0. The van der Waals surface area contributed by atoms with E-state index in [-0.39, 0.29) is 125 Å². The van der Waals surface area contributed by atoms with E-state index in [1.807, 2.05) is 12.1 Å². The van der Waals surface area contributed by atoms with Crippen LogP contribution in [0, 0.1) is 17.0 Å². The Bertz CT molecular complexity index is 5730. The molecule has 0 radical (unpaired) electrons. The maximum absolute atomic E-state index is 13.9. The highest BCUT2D eigenvalue weighted by Crippen LogP contribution is 2.42. The fraction of sp³-hybridized carbons (Fsp3) is 0.162. The summed E-state index contributed by atoms with van der Waals surface area (Å²) in [5.74, 6) is -4.38. The van der Waals surface area contributed by atoms with Gasteiger partial charge < -0.3 is 49.9 Å². The van der Waals surface area contributed by atoms with Crippen LogP contribution in [0.2, 0.25) is 30.1 Å². The number of ether oxygens (including phenoxy) is 1. The van der Waals surface area contributed by atoms with Gasteiger partial charge in [0.25, 0.3) is 23.5 Å². The van der Waals surface area contributed by atoms with Gasteiger partial charge in [0.1, 0.15) is 56.7 Å². The minimum atomic E-state index is -4.66. The Kier molecular flexibility index (Phi) is 25.6. The summed E-state index contributed by atoms with van der Waals surface area (Å²) in [5, 5.41) is 35.9. The number of fused-ring (bicyclic) bond motifs is 3. The van der Waals surface area contributed by atoms with Crippen LogP contribution in [0.4, 0.5) is 38.1 Å². The number of pyridine rings is 3. The molecule has 6 aromatic carbocycles. The van der Waals surface area contributed by atoms with Crippen LogP contribution in [0.1, 0.15) is 106 Å². The molecular formula is C74H59Cl6F5N10O13S2. The molecule has 0 spiro atoms. The number of methoxy groups -OCH3 is 1. The Hall–Kier alpha value is -10.6. The molecule has 6 heterocycles. The van der Waals surface area contributed by atoms with Crippen molar-refractivity contribution in [3.63, 3.8) is 0 Å². The number of phenolic OH excluding ortho intramolecular Hbond substituents is 1. The molecule has 0 atom stereocenters. The van der Waals surface area contributed by atoms with E-state index in [0.29, 0.717) is 37.9 Å². The van der Waals surface area contributed by atoms with Crippen LogP contribution in [-0.4, -0.2) is 91.8 Å². The van der Waals surface area contributed by atoms with Crippen molar-refractivity contribution in [1.29, 1.82) is 5.41 Å². The second-order valence-corrected chi connectivity index (χ2v) is 30.9. The van der Waals surface area contributed by atoms with Gasteiger partial charge in [0.2, 0.25) is 5.78 Å². The standard InChI is InChI=1S/C22H13Cl2F2N3O2.C18H24N2O2S.C17H10Cl2F3N3O3.C17H12Cl2N2O6S/c23-17-8-27-9-18(24)20(17)28-22(31)21(30)16-11-29(10-12-1-3-13(25)4-2-12)19-6-5-14(26)7-15(16)19;1-17(2,3)11-7-10(8-12(14(11)21)18(4,5)6)9-13-15(22)20-16(19)23-13;1-28-12-4-2-9(8-3-5-13(17(20,21)22)23-14(8)12)16(26)24-15-10(18)6-25(27)7-11(15)19;1-28(24,25)27-9-3-5-11-13(7-9)26-16(14(11)21-17(20)23)15(22)10-4-2-8(18)6-12(10)19/h1-9,11H,10H2,(H,27,28,31);7-9,21H,1-6H3,(H2,19,20,22);2-7,27H,1H3;2-7H,1H3,(H3,20,21,23)/b;13-9-;;. The SMILES string of the molecule is CC(C)(C)c1cc(/C=C2\SC(=N)NC2=O)cc(C(C)(C)C)c1O.COc1ccc(C(=O)N=c2c(Cl)cn(O)cc2Cl)c2ccc(C(F)(F)F)nc12.CS(=O)(=O)Oc1ccc2c(NC(N)=O)c(C(=O)c3ccc(Cl)cc3Cl)oc2c1.O=C(Nc1c(Cl)cncc1Cl)C(=O)c1cn(Cc2ccc(F)cc2)c2ccc(F)cc12. The lowest BCUT2D eigenvalue weighted by atomic mass is 9.78. The van der Waals surface area contributed by atoms with Gasteiger partial charge in [0.15, 0.2) is 10.9 Å². The highest BCUT2D eigenvalue weighted by atomic mass is 35.5. The topological polar surface area (TPSA) is 343 Å². The van der Waals surface area contributed by atoms with Crippen molar-refractivity contribution >= 4 is 182 Å². The Balaban J connectivity index is 0.000000170. The summed E-state index contributed by atoms with van der Waals surface area (Å²) in [6.45, 7) is 12.6. The summed E-state index contributed by atoms with van der Waals surface area (Å²) in [5.41, 5.74) is 7.64. The third-order valence-electron chi connectivity index (χ3n) is 15.6. The molecule has 0 saturated carbocycles. The zero-order valence-corrected chi connectivity index (χ0v) is 64.5. The smallest absolute Gasteiger partial charge is 0.433 e. The predicted molar refractivity (Wildman–Crippen MR) is 411 cm³/mol. The van der Waals surface area contributed by atoms with Crippen LogP contribution in [0.15, 0.2) is 161 Å². The maximum Gasteiger partial charge on any atom is 0.433 e. The minimum Gasteiger partial charge on any atom is -0.507 e. The highest BCUT2D eigenvalue weighted by Gasteiger charge is 2.34. The number of furan rings is 1. The number of nitrogens with two attached hydrogens (primary N) is 1. The summed E-state index contributed by atoms with van der Waals surface area (Å²) in [6.07, 6.45) is 4.17. The van der Waals surface area contributed by atoms with Gasteiger partial charge in [-0.25, -0.2) is 23.6 Å². The van der Waals surface area contributed by atoms with Crippen LogP contribution >= 0.6 is 81.4 Å². The number of thioether (sulfide) groups is 1. The lowest BCUT2D eigenvalue weighted by Crippen LogP contribution is -2.23. The number of primary amides is 1. The van der Waals surface area contributed by atoms with Gasteiger partial charge in [-0.2, -0.15) is 26.3 Å². The van der Waals surface area contributed by atoms with Crippen LogP contribution in [0.25, 0.3) is 38.9 Å². The van der Waals surface area contributed by atoms with Gasteiger partial charge in [-0.05, 0) is 137 Å². The van der Waals surface area contributed by atoms with Gasteiger partial charge in [0, 0.05) is 74.6 Å². The third kappa shape index (κ3) is 20.3. The normalized spacial score (nSPS) is 12.6. The van der Waals surface area contributed by atoms with Crippen LogP contribution in [0.5, 0.6) is 17.2 Å². The number of aromatic hydroxyl groups is 1. The molecule has 0 bridgehead atoms. The Labute approximate surface area is 656 Å². The van der Waals surface area contributed by atoms with Crippen molar-refractivity contribution in [3.05, 3.63) is 249 Å². The van der Waals surface area contributed by atoms with Gasteiger partial charge in [-0.1, -0.05) is 123 Å². The van der Waals surface area contributed by atoms with E-state index in [0.717, 1.165) is 64.8 Å². The van der Waals surface area contributed by atoms with E-state index in [4.69, 9.17) is 94.1 Å². The monoisotopic (exact) mass is 1660 g/mol. The van der Waals surface area contributed by atoms with E-state index in [1.54, 1.807) is 22.8 Å². The number of Topliss-reactive ketones (excluding diaryl/α,β-unsaturated/α-hetero) is 1. The number of benzene rings is 6. The van der Waals surface area contributed by atoms with E-state index in [2.05, 4.69) is 72.5 Å². The molecule has 11 aromatic rings. The van der Waals surface area contributed by atoms with Gasteiger partial charge in [0.05, 0.1) is 72.6 Å². The first-order valence-electron chi connectivity index (χ1n) is 31.7. The number of ketones is 2. The molecule has 110 heavy (non-hydrogen) atoms. The van der Waals surface area contributed by atoms with Crippen molar-refractivity contribution in [3.8, 4) is 17.2 Å². The number of carbonyl (C=O) groups excluding carboxylic acids is 6. The number of hydrogen-bond acceptors (Lipinski definition) is 17. The number of rotatable bonds is 13. The molecule has 1 aliphatic heterocycles. The number of halogens is 11. The summed E-state index contributed by atoms with van der Waals surface area (Å²) >= 11 is 36.9. The first-order chi connectivity index (χ1) is 51.4. The number of aromatic nitrogens is 4.